The lowest BCUT2D eigenvalue weighted by atomic mass is 9.95. The van der Waals surface area contributed by atoms with Crippen molar-refractivity contribution in [2.75, 3.05) is 33.3 Å². The first-order valence-electron chi connectivity index (χ1n) is 10.5. The number of benzene rings is 1. The number of carbonyl (C=O) groups is 2. The molecule has 1 atom stereocenters. The maximum atomic E-state index is 13.0. The number of hydrogen-bond acceptors (Lipinski definition) is 6. The maximum absolute atomic E-state index is 13.0. The van der Waals surface area contributed by atoms with Crippen LogP contribution in [0.25, 0.3) is 5.76 Å². The van der Waals surface area contributed by atoms with Crippen LogP contribution in [0.4, 0.5) is 0 Å². The average Bonchev–Trinajstić information content (AvgIpc) is 3.04. The summed E-state index contributed by atoms with van der Waals surface area (Å²) in [6, 6.07) is 8.05. The van der Waals surface area contributed by atoms with Gasteiger partial charge in [0.15, 0.2) is 0 Å². The topological polar surface area (TPSA) is 83.0 Å². The molecule has 0 aliphatic carbocycles. The first-order chi connectivity index (χ1) is 14.9. The van der Waals surface area contributed by atoms with Gasteiger partial charge >= 0.3 is 0 Å². The molecular formula is C24H29N3O4. The van der Waals surface area contributed by atoms with Crippen molar-refractivity contribution in [3.8, 4) is 5.75 Å². The number of amides is 1. The summed E-state index contributed by atoms with van der Waals surface area (Å²) >= 11 is 0. The number of aryl methyl sites for hydroxylation is 1. The number of likely N-dealkylation sites (tertiary alicyclic amines) is 1. The van der Waals surface area contributed by atoms with Crippen LogP contribution < -0.4 is 4.74 Å². The lowest BCUT2D eigenvalue weighted by Gasteiger charge is -2.28. The van der Waals surface area contributed by atoms with E-state index in [2.05, 4.69) is 23.7 Å². The van der Waals surface area contributed by atoms with Gasteiger partial charge in [-0.3, -0.25) is 14.6 Å². The van der Waals surface area contributed by atoms with Crippen molar-refractivity contribution < 1.29 is 19.4 Å². The second-order valence-corrected chi connectivity index (χ2v) is 7.48. The van der Waals surface area contributed by atoms with Crippen molar-refractivity contribution in [1.82, 2.24) is 14.8 Å². The van der Waals surface area contributed by atoms with Gasteiger partial charge in [0, 0.05) is 31.0 Å². The molecule has 164 valence electrons. The van der Waals surface area contributed by atoms with Gasteiger partial charge in [-0.1, -0.05) is 13.8 Å². The predicted molar refractivity (Wildman–Crippen MR) is 119 cm³/mol. The van der Waals surface area contributed by atoms with Crippen LogP contribution in [0.15, 0.2) is 48.3 Å². The molecule has 1 amide bonds. The molecule has 1 aliphatic heterocycles. The second kappa shape index (κ2) is 9.75. The van der Waals surface area contributed by atoms with E-state index < -0.39 is 17.7 Å². The number of aliphatic hydroxyl groups is 1. The summed E-state index contributed by atoms with van der Waals surface area (Å²) in [5.41, 5.74) is 2.13. The van der Waals surface area contributed by atoms with Crippen LogP contribution in [0.5, 0.6) is 5.75 Å². The van der Waals surface area contributed by atoms with Gasteiger partial charge in [-0.25, -0.2) is 0 Å². The molecule has 7 heteroatoms. The summed E-state index contributed by atoms with van der Waals surface area (Å²) in [4.78, 5) is 33.8. The molecule has 1 N–H and O–H groups in total. The minimum atomic E-state index is -0.674. The predicted octanol–water partition coefficient (Wildman–Crippen LogP) is 3.16. The monoisotopic (exact) mass is 423 g/mol. The van der Waals surface area contributed by atoms with Crippen LogP contribution in [0.3, 0.4) is 0 Å². The summed E-state index contributed by atoms with van der Waals surface area (Å²) < 4.78 is 5.29. The van der Waals surface area contributed by atoms with Crippen molar-refractivity contribution in [2.24, 2.45) is 0 Å². The van der Waals surface area contributed by atoms with Crippen LogP contribution in [0.1, 0.15) is 36.6 Å². The summed E-state index contributed by atoms with van der Waals surface area (Å²) in [7, 11) is 1.58. The number of hydrogen-bond donors (Lipinski definition) is 1. The normalized spacial score (nSPS) is 18.1. The molecule has 0 spiro atoms. The number of aliphatic hydroxyl groups excluding tert-OH is 1. The van der Waals surface area contributed by atoms with Crippen LogP contribution >= 0.6 is 0 Å². The quantitative estimate of drug-likeness (QED) is 0.399. The van der Waals surface area contributed by atoms with E-state index in [0.717, 1.165) is 24.2 Å². The van der Waals surface area contributed by atoms with E-state index in [1.165, 1.54) is 0 Å². The third kappa shape index (κ3) is 4.46. The molecule has 0 bridgehead atoms. The van der Waals surface area contributed by atoms with E-state index in [9.17, 15) is 14.7 Å². The molecule has 1 aromatic carbocycles. The van der Waals surface area contributed by atoms with E-state index >= 15 is 0 Å². The van der Waals surface area contributed by atoms with Crippen LogP contribution in [-0.2, 0) is 9.59 Å². The van der Waals surface area contributed by atoms with E-state index in [0.29, 0.717) is 24.4 Å². The highest BCUT2D eigenvalue weighted by Gasteiger charge is 2.45. The number of pyridine rings is 1. The molecule has 1 aliphatic rings. The van der Waals surface area contributed by atoms with Gasteiger partial charge in [0.25, 0.3) is 11.7 Å². The Kier molecular flexibility index (Phi) is 7.07. The first kappa shape index (κ1) is 22.5. The van der Waals surface area contributed by atoms with Gasteiger partial charge in [0.1, 0.15) is 11.5 Å². The van der Waals surface area contributed by atoms with E-state index in [4.69, 9.17) is 4.74 Å². The lowest BCUT2D eigenvalue weighted by Crippen LogP contribution is -2.38. The van der Waals surface area contributed by atoms with Crippen LogP contribution in [-0.4, -0.2) is 64.9 Å². The lowest BCUT2D eigenvalue weighted by molar-refractivity contribution is -0.140. The van der Waals surface area contributed by atoms with E-state index in [1.54, 1.807) is 54.7 Å². The minimum absolute atomic E-state index is 0.0975. The Labute approximate surface area is 183 Å². The number of carbonyl (C=O) groups excluding carboxylic acids is 2. The molecule has 2 heterocycles. The fourth-order valence-corrected chi connectivity index (χ4v) is 3.97. The Morgan fingerprint density at radius 3 is 2.42 bits per heavy atom. The van der Waals surface area contributed by atoms with E-state index in [1.807, 2.05) is 6.92 Å². The van der Waals surface area contributed by atoms with Gasteiger partial charge in [0.05, 0.1) is 18.7 Å². The summed E-state index contributed by atoms with van der Waals surface area (Å²) in [6.45, 7) is 8.71. The number of rotatable bonds is 8. The molecule has 0 saturated carbocycles. The number of aromatic nitrogens is 1. The number of likely N-dealkylation sites (N-methyl/N-ethyl adjacent to an activating group) is 1. The summed E-state index contributed by atoms with van der Waals surface area (Å²) in [5.74, 6) is -0.772. The van der Waals surface area contributed by atoms with Gasteiger partial charge in [-0.15, -0.1) is 0 Å². The molecule has 31 heavy (non-hydrogen) atoms. The zero-order chi connectivity index (χ0) is 22.5. The Bertz CT molecular complexity index is 984. The molecule has 2 aromatic rings. The standard InChI is InChI=1S/C24H29N3O4/c1-5-26(6-2)13-14-27-21(17-9-11-25-12-10-17)20(23(29)24(27)30)22(28)18-7-8-19(31-4)16(3)15-18/h7-12,15,21,28H,5-6,13-14H2,1-4H3/t21-/m1/s1. The molecule has 1 fully saturated rings. The molecule has 3 rings (SSSR count). The van der Waals surface area contributed by atoms with Gasteiger partial charge < -0.3 is 19.6 Å². The van der Waals surface area contributed by atoms with Crippen molar-refractivity contribution in [2.45, 2.75) is 26.8 Å². The highest BCUT2D eigenvalue weighted by molar-refractivity contribution is 6.46. The molecule has 0 unspecified atom stereocenters. The molecule has 1 aromatic heterocycles. The fraction of sp³-hybridized carbons (Fsp3) is 0.375. The van der Waals surface area contributed by atoms with Crippen molar-refractivity contribution in [3.63, 3.8) is 0 Å². The van der Waals surface area contributed by atoms with E-state index in [-0.39, 0.29) is 11.3 Å². The first-order valence-corrected chi connectivity index (χ1v) is 10.5. The highest BCUT2D eigenvalue weighted by atomic mass is 16.5. The highest BCUT2D eigenvalue weighted by Crippen LogP contribution is 2.39. The molecular weight excluding hydrogens is 394 g/mol. The summed E-state index contributed by atoms with van der Waals surface area (Å²) in [6.07, 6.45) is 3.24. The van der Waals surface area contributed by atoms with Gasteiger partial charge in [-0.05, 0) is 61.5 Å². The largest absolute Gasteiger partial charge is 0.507 e. The zero-order valence-corrected chi connectivity index (χ0v) is 18.5. The third-order valence-electron chi connectivity index (χ3n) is 5.78. The molecule has 0 radical (unpaired) electrons. The third-order valence-corrected chi connectivity index (χ3v) is 5.78. The number of ketones is 1. The maximum Gasteiger partial charge on any atom is 0.295 e. The number of nitrogens with zero attached hydrogens (tertiary/aromatic N) is 3. The second-order valence-electron chi connectivity index (χ2n) is 7.48. The smallest absolute Gasteiger partial charge is 0.295 e. The SMILES string of the molecule is CCN(CC)CCN1C(=O)C(=O)C(=C(O)c2ccc(OC)c(C)c2)[C@H]1c1ccncc1. The molecule has 7 nitrogen and oxygen atoms in total. The zero-order valence-electron chi connectivity index (χ0n) is 18.5. The van der Waals surface area contributed by atoms with Crippen LogP contribution in [0.2, 0.25) is 0 Å². The Morgan fingerprint density at radius 2 is 1.84 bits per heavy atom. The van der Waals surface area contributed by atoms with Crippen molar-refractivity contribution in [1.29, 1.82) is 0 Å². The Balaban J connectivity index is 2.08. The summed E-state index contributed by atoms with van der Waals surface area (Å²) in [5, 5.41) is 11.1. The van der Waals surface area contributed by atoms with Gasteiger partial charge in [0.2, 0.25) is 0 Å². The number of methoxy groups -OCH3 is 1. The van der Waals surface area contributed by atoms with Crippen molar-refractivity contribution in [3.05, 3.63) is 65.0 Å². The fourth-order valence-electron chi connectivity index (χ4n) is 3.97. The Morgan fingerprint density at radius 1 is 1.16 bits per heavy atom. The molecule has 1 saturated heterocycles. The van der Waals surface area contributed by atoms with Gasteiger partial charge in [-0.2, -0.15) is 0 Å². The van der Waals surface area contributed by atoms with Crippen LogP contribution in [0, 0.1) is 6.92 Å². The number of ether oxygens (including phenoxy) is 1. The number of Topliss-reactive ketones (excluding diaryl/α,β-unsaturated/α-hetero) is 1. The van der Waals surface area contributed by atoms with Crippen molar-refractivity contribution >= 4 is 17.4 Å². The average molecular weight is 424 g/mol. The Hall–Kier alpha value is -3.19. The minimum Gasteiger partial charge on any atom is -0.507 e.